The Morgan fingerprint density at radius 2 is 1.73 bits per heavy atom. The maximum atomic E-state index is 4.10. The third kappa shape index (κ3) is 2.02. The number of hydrogen-bond donors (Lipinski definition) is 1. The van der Waals surface area contributed by atoms with E-state index in [-0.39, 0.29) is 0 Å². The lowest BCUT2D eigenvalue weighted by molar-refractivity contribution is 1.02. The SMILES string of the molecule is Cc1ccc(-c2ccc(C)n2-c2ccc3cn[nH]c3c2)cc1. The first-order valence-corrected chi connectivity index (χ1v) is 7.41. The molecule has 2 aromatic heterocycles. The van der Waals surface area contributed by atoms with Crippen molar-refractivity contribution in [1.29, 1.82) is 0 Å². The van der Waals surface area contributed by atoms with Crippen molar-refractivity contribution < 1.29 is 0 Å². The van der Waals surface area contributed by atoms with Crippen molar-refractivity contribution in [3.05, 3.63) is 72.1 Å². The summed E-state index contributed by atoms with van der Waals surface area (Å²) in [5.41, 5.74) is 7.13. The number of rotatable bonds is 2. The monoisotopic (exact) mass is 287 g/mol. The Labute approximate surface area is 129 Å². The zero-order valence-corrected chi connectivity index (χ0v) is 12.7. The van der Waals surface area contributed by atoms with Gasteiger partial charge in [-0.05, 0) is 49.7 Å². The molecule has 0 saturated heterocycles. The van der Waals surface area contributed by atoms with Crippen LogP contribution in [0.4, 0.5) is 0 Å². The smallest absolute Gasteiger partial charge is 0.0671 e. The lowest BCUT2D eigenvalue weighted by Crippen LogP contribution is -1.98. The van der Waals surface area contributed by atoms with Crippen LogP contribution in [0.5, 0.6) is 0 Å². The molecule has 0 fully saturated rings. The molecule has 0 bridgehead atoms. The molecule has 2 aromatic carbocycles. The first kappa shape index (κ1) is 12.9. The van der Waals surface area contributed by atoms with Crippen molar-refractivity contribution >= 4 is 10.9 Å². The summed E-state index contributed by atoms with van der Waals surface area (Å²) in [6.45, 7) is 4.25. The summed E-state index contributed by atoms with van der Waals surface area (Å²) in [6, 6.07) is 19.4. The Balaban J connectivity index is 1.91. The van der Waals surface area contributed by atoms with E-state index in [2.05, 4.69) is 83.2 Å². The summed E-state index contributed by atoms with van der Waals surface area (Å²) in [4.78, 5) is 0. The van der Waals surface area contributed by atoms with E-state index in [0.717, 1.165) is 16.6 Å². The van der Waals surface area contributed by atoms with Gasteiger partial charge in [0.25, 0.3) is 0 Å². The number of nitrogens with one attached hydrogen (secondary N) is 1. The van der Waals surface area contributed by atoms with E-state index in [4.69, 9.17) is 0 Å². The van der Waals surface area contributed by atoms with Crippen molar-refractivity contribution in [3.8, 4) is 16.9 Å². The number of benzene rings is 2. The highest BCUT2D eigenvalue weighted by molar-refractivity contribution is 5.80. The molecule has 0 amide bonds. The minimum absolute atomic E-state index is 1.06. The van der Waals surface area contributed by atoms with Gasteiger partial charge in [-0.1, -0.05) is 29.8 Å². The van der Waals surface area contributed by atoms with Crippen LogP contribution in [0.2, 0.25) is 0 Å². The summed E-state index contributed by atoms with van der Waals surface area (Å²) in [5, 5.41) is 8.28. The van der Waals surface area contributed by atoms with E-state index in [1.807, 2.05) is 6.20 Å². The van der Waals surface area contributed by atoms with Crippen molar-refractivity contribution in [2.45, 2.75) is 13.8 Å². The molecule has 0 aliphatic rings. The second kappa shape index (κ2) is 4.88. The van der Waals surface area contributed by atoms with Crippen molar-refractivity contribution in [1.82, 2.24) is 14.8 Å². The van der Waals surface area contributed by atoms with Gasteiger partial charge in [0.05, 0.1) is 17.4 Å². The lowest BCUT2D eigenvalue weighted by atomic mass is 10.1. The molecule has 108 valence electrons. The van der Waals surface area contributed by atoms with Crippen LogP contribution in [0.3, 0.4) is 0 Å². The molecule has 0 unspecified atom stereocenters. The van der Waals surface area contributed by atoms with Crippen molar-refractivity contribution in [3.63, 3.8) is 0 Å². The van der Waals surface area contributed by atoms with Gasteiger partial charge in [-0.3, -0.25) is 5.10 Å². The quantitative estimate of drug-likeness (QED) is 0.572. The molecular formula is C19H17N3. The Morgan fingerprint density at radius 1 is 0.909 bits per heavy atom. The number of H-pyrrole nitrogens is 1. The predicted octanol–water partition coefficient (Wildman–Crippen LogP) is 4.64. The number of aryl methyl sites for hydroxylation is 2. The second-order valence-electron chi connectivity index (χ2n) is 5.70. The van der Waals surface area contributed by atoms with Gasteiger partial charge in [0.15, 0.2) is 0 Å². The Bertz CT molecular complexity index is 942. The number of fused-ring (bicyclic) bond motifs is 1. The summed E-state index contributed by atoms with van der Waals surface area (Å²) in [6.07, 6.45) is 1.85. The van der Waals surface area contributed by atoms with E-state index in [9.17, 15) is 0 Å². The van der Waals surface area contributed by atoms with Crippen molar-refractivity contribution in [2.75, 3.05) is 0 Å². The molecule has 0 aliphatic heterocycles. The third-order valence-corrected chi connectivity index (χ3v) is 4.11. The summed E-state index contributed by atoms with van der Waals surface area (Å²) in [7, 11) is 0. The minimum Gasteiger partial charge on any atom is -0.314 e. The molecule has 4 aromatic rings. The average molecular weight is 287 g/mol. The van der Waals surface area contributed by atoms with E-state index in [1.165, 1.54) is 22.5 Å². The molecule has 0 radical (unpaired) electrons. The number of nitrogens with zero attached hydrogens (tertiary/aromatic N) is 2. The van der Waals surface area contributed by atoms with Crippen LogP contribution in [0.15, 0.2) is 60.8 Å². The highest BCUT2D eigenvalue weighted by Gasteiger charge is 2.10. The first-order valence-electron chi connectivity index (χ1n) is 7.41. The van der Waals surface area contributed by atoms with Gasteiger partial charge in [-0.15, -0.1) is 0 Å². The molecule has 0 atom stereocenters. The first-order chi connectivity index (χ1) is 10.7. The van der Waals surface area contributed by atoms with Crippen molar-refractivity contribution in [2.24, 2.45) is 0 Å². The fourth-order valence-electron chi connectivity index (χ4n) is 2.90. The molecule has 22 heavy (non-hydrogen) atoms. The highest BCUT2D eigenvalue weighted by Crippen LogP contribution is 2.28. The molecule has 4 rings (SSSR count). The average Bonchev–Trinajstić information content (AvgIpc) is 3.13. The van der Waals surface area contributed by atoms with Gasteiger partial charge in [0.1, 0.15) is 0 Å². The van der Waals surface area contributed by atoms with Gasteiger partial charge in [-0.2, -0.15) is 5.10 Å². The number of aromatic nitrogens is 3. The minimum atomic E-state index is 1.06. The lowest BCUT2D eigenvalue weighted by Gasteiger charge is -2.12. The van der Waals surface area contributed by atoms with Crippen LogP contribution in [0, 0.1) is 13.8 Å². The Kier molecular flexibility index (Phi) is 2.86. The van der Waals surface area contributed by atoms with Crippen LogP contribution in [0.1, 0.15) is 11.3 Å². The topological polar surface area (TPSA) is 33.6 Å². The molecule has 1 N–H and O–H groups in total. The van der Waals surface area contributed by atoms with Gasteiger partial charge in [0.2, 0.25) is 0 Å². The molecule has 3 nitrogen and oxygen atoms in total. The van der Waals surface area contributed by atoms with Gasteiger partial charge in [-0.25, -0.2) is 0 Å². The van der Waals surface area contributed by atoms with Gasteiger partial charge < -0.3 is 4.57 Å². The summed E-state index contributed by atoms with van der Waals surface area (Å²) < 4.78 is 2.28. The summed E-state index contributed by atoms with van der Waals surface area (Å²) >= 11 is 0. The normalized spacial score (nSPS) is 11.2. The Morgan fingerprint density at radius 3 is 2.55 bits per heavy atom. The van der Waals surface area contributed by atoms with Gasteiger partial charge >= 0.3 is 0 Å². The third-order valence-electron chi connectivity index (χ3n) is 4.11. The molecule has 2 heterocycles. The van der Waals surface area contributed by atoms with Crippen LogP contribution in [-0.4, -0.2) is 14.8 Å². The fraction of sp³-hybridized carbons (Fsp3) is 0.105. The van der Waals surface area contributed by atoms with Crippen LogP contribution in [0.25, 0.3) is 27.8 Å². The number of hydrogen-bond acceptors (Lipinski definition) is 1. The van der Waals surface area contributed by atoms with E-state index in [1.54, 1.807) is 0 Å². The maximum Gasteiger partial charge on any atom is 0.0671 e. The van der Waals surface area contributed by atoms with E-state index >= 15 is 0 Å². The molecular weight excluding hydrogens is 270 g/mol. The fourth-order valence-corrected chi connectivity index (χ4v) is 2.90. The van der Waals surface area contributed by atoms with Crippen LogP contribution < -0.4 is 0 Å². The molecule has 3 heteroatoms. The van der Waals surface area contributed by atoms with Gasteiger partial charge in [0, 0.05) is 16.8 Å². The largest absolute Gasteiger partial charge is 0.314 e. The van der Waals surface area contributed by atoms with E-state index in [0.29, 0.717) is 0 Å². The zero-order chi connectivity index (χ0) is 15.1. The zero-order valence-electron chi connectivity index (χ0n) is 12.7. The van der Waals surface area contributed by atoms with Crippen LogP contribution in [-0.2, 0) is 0 Å². The highest BCUT2D eigenvalue weighted by atomic mass is 15.1. The standard InChI is InChI=1S/C19H17N3/c1-13-3-6-15(7-4-13)19-10-5-14(2)22(19)17-9-8-16-12-20-21-18(16)11-17/h3-12H,1-2H3,(H,20,21). The number of aromatic amines is 1. The Hall–Kier alpha value is -2.81. The molecule has 0 saturated carbocycles. The summed E-state index contributed by atoms with van der Waals surface area (Å²) in [5.74, 6) is 0. The second-order valence-corrected chi connectivity index (χ2v) is 5.70. The predicted molar refractivity (Wildman–Crippen MR) is 90.3 cm³/mol. The molecule has 0 aliphatic carbocycles. The maximum absolute atomic E-state index is 4.10. The van der Waals surface area contributed by atoms with E-state index < -0.39 is 0 Å². The van der Waals surface area contributed by atoms with Crippen LogP contribution >= 0.6 is 0 Å². The molecule has 0 spiro atoms.